The molecule has 0 unspecified atom stereocenters. The van der Waals surface area contributed by atoms with Gasteiger partial charge in [-0.2, -0.15) is 0 Å². The van der Waals surface area contributed by atoms with E-state index < -0.39 is 0 Å². The predicted octanol–water partition coefficient (Wildman–Crippen LogP) is 4.50. The van der Waals surface area contributed by atoms with Crippen molar-refractivity contribution in [3.05, 3.63) is 57.9 Å². The molecule has 0 fully saturated rings. The molecule has 29 heavy (non-hydrogen) atoms. The van der Waals surface area contributed by atoms with E-state index in [9.17, 15) is 0 Å². The van der Waals surface area contributed by atoms with E-state index in [1.54, 1.807) is 13.3 Å². The van der Waals surface area contributed by atoms with Crippen LogP contribution in [0.4, 0.5) is 0 Å². The zero-order valence-corrected chi connectivity index (χ0v) is 19.9. The molecule has 0 aliphatic heterocycles. The summed E-state index contributed by atoms with van der Waals surface area (Å²) in [5.41, 5.74) is 3.12. The van der Waals surface area contributed by atoms with Gasteiger partial charge in [0.25, 0.3) is 0 Å². The van der Waals surface area contributed by atoms with Crippen LogP contribution < -0.4 is 5.32 Å². The average molecular weight is 523 g/mol. The summed E-state index contributed by atoms with van der Waals surface area (Å²) in [6.45, 7) is 1.31. The number of hydrogen-bond acceptors (Lipinski definition) is 5. The number of guanidine groups is 1. The molecule has 0 radical (unpaired) electrons. The van der Waals surface area contributed by atoms with E-state index in [1.807, 2.05) is 48.7 Å². The number of aromatic nitrogens is 2. The van der Waals surface area contributed by atoms with Crippen molar-refractivity contribution in [1.29, 1.82) is 0 Å². The van der Waals surface area contributed by atoms with Crippen LogP contribution in [-0.4, -0.2) is 34.9 Å². The van der Waals surface area contributed by atoms with Crippen LogP contribution in [0.3, 0.4) is 0 Å². The van der Waals surface area contributed by atoms with Crippen molar-refractivity contribution in [3.8, 4) is 11.5 Å². The van der Waals surface area contributed by atoms with Crippen LogP contribution in [0.2, 0.25) is 0 Å². The first kappa shape index (κ1) is 21.8. The van der Waals surface area contributed by atoms with Crippen molar-refractivity contribution in [2.24, 2.45) is 4.99 Å². The van der Waals surface area contributed by atoms with Gasteiger partial charge >= 0.3 is 0 Å². The number of nitrogens with zero attached hydrogens (tertiary/aromatic N) is 4. The van der Waals surface area contributed by atoms with Gasteiger partial charge in [-0.15, -0.1) is 35.3 Å². The highest BCUT2D eigenvalue weighted by Gasteiger charge is 2.17. The summed E-state index contributed by atoms with van der Waals surface area (Å²) in [6, 6.07) is 9.91. The Labute approximate surface area is 192 Å². The van der Waals surface area contributed by atoms with Crippen LogP contribution in [0.5, 0.6) is 0 Å². The van der Waals surface area contributed by atoms with E-state index in [0.717, 1.165) is 35.2 Å². The Bertz CT molecular complexity index is 930. The molecule has 3 aromatic rings. The number of aliphatic imine (C=N–C) groups is 1. The van der Waals surface area contributed by atoms with E-state index in [0.29, 0.717) is 12.4 Å². The van der Waals surface area contributed by atoms with Crippen LogP contribution in [0.1, 0.15) is 34.1 Å². The zero-order chi connectivity index (χ0) is 19.3. The molecule has 154 valence electrons. The SMILES string of the molecule is CN=C(NCc1coc(-c2ccccc2)n1)N(C)Cc1nc2c(s1)CCCC2.I. The van der Waals surface area contributed by atoms with Gasteiger partial charge in [0.15, 0.2) is 5.96 Å². The molecule has 1 aliphatic carbocycles. The standard InChI is InChI=1S/C21H25N5OS.HI/c1-22-21(26(2)13-19-25-17-10-6-7-11-18(17)28-19)23-12-16-14-27-20(24-16)15-8-4-3-5-9-15;/h3-5,8-9,14H,6-7,10-13H2,1-2H3,(H,22,23);1H. The highest BCUT2D eigenvalue weighted by atomic mass is 127. The zero-order valence-electron chi connectivity index (χ0n) is 16.7. The molecule has 2 heterocycles. The molecule has 6 nitrogen and oxygen atoms in total. The van der Waals surface area contributed by atoms with Crippen LogP contribution in [0.15, 0.2) is 46.0 Å². The first-order chi connectivity index (χ1) is 13.7. The van der Waals surface area contributed by atoms with Gasteiger partial charge in [0.1, 0.15) is 11.3 Å². The molecular formula is C21H26IN5OS. The van der Waals surface area contributed by atoms with E-state index in [-0.39, 0.29) is 24.0 Å². The van der Waals surface area contributed by atoms with Gasteiger partial charge in [0, 0.05) is 24.5 Å². The number of rotatable bonds is 5. The summed E-state index contributed by atoms with van der Waals surface area (Å²) in [4.78, 5) is 17.4. The molecular weight excluding hydrogens is 497 g/mol. The number of aryl methyl sites for hydroxylation is 2. The van der Waals surface area contributed by atoms with Crippen molar-refractivity contribution < 1.29 is 4.42 Å². The highest BCUT2D eigenvalue weighted by Crippen LogP contribution is 2.27. The fraction of sp³-hybridized carbons (Fsp3) is 0.381. The molecule has 0 atom stereocenters. The van der Waals surface area contributed by atoms with E-state index >= 15 is 0 Å². The summed E-state index contributed by atoms with van der Waals surface area (Å²) in [5.74, 6) is 1.45. The molecule has 0 spiro atoms. The molecule has 4 rings (SSSR count). The van der Waals surface area contributed by atoms with E-state index in [2.05, 4.69) is 20.2 Å². The minimum Gasteiger partial charge on any atom is -0.444 e. The number of thiazole rings is 1. The normalized spacial score (nSPS) is 13.5. The lowest BCUT2D eigenvalue weighted by Crippen LogP contribution is -2.38. The number of fused-ring (bicyclic) bond motifs is 1. The second kappa shape index (κ2) is 10.2. The lowest BCUT2D eigenvalue weighted by atomic mass is 10.0. The second-order valence-electron chi connectivity index (χ2n) is 6.95. The topological polar surface area (TPSA) is 66.6 Å². The number of halogens is 1. The molecule has 1 aliphatic rings. The Morgan fingerprint density at radius 3 is 2.76 bits per heavy atom. The Hall–Kier alpha value is -1.94. The minimum absolute atomic E-state index is 0. The average Bonchev–Trinajstić information content (AvgIpc) is 3.35. The molecule has 0 saturated carbocycles. The third-order valence-electron chi connectivity index (χ3n) is 4.84. The largest absolute Gasteiger partial charge is 0.444 e. The molecule has 0 amide bonds. The van der Waals surface area contributed by atoms with Crippen LogP contribution >= 0.6 is 35.3 Å². The first-order valence-corrected chi connectivity index (χ1v) is 10.4. The molecule has 2 aromatic heterocycles. The quantitative estimate of drug-likeness (QED) is 0.303. The van der Waals surface area contributed by atoms with Crippen molar-refractivity contribution >= 4 is 41.3 Å². The number of oxazole rings is 1. The monoisotopic (exact) mass is 523 g/mol. The Kier molecular flexibility index (Phi) is 7.65. The lowest BCUT2D eigenvalue weighted by molar-refractivity contribution is 0.473. The van der Waals surface area contributed by atoms with E-state index in [1.165, 1.54) is 29.8 Å². The lowest BCUT2D eigenvalue weighted by Gasteiger charge is -2.20. The maximum Gasteiger partial charge on any atom is 0.226 e. The third kappa shape index (κ3) is 5.36. The molecule has 8 heteroatoms. The van der Waals surface area contributed by atoms with Gasteiger partial charge in [-0.1, -0.05) is 18.2 Å². The maximum atomic E-state index is 5.61. The first-order valence-electron chi connectivity index (χ1n) is 9.62. The van der Waals surface area contributed by atoms with Crippen LogP contribution in [0.25, 0.3) is 11.5 Å². The summed E-state index contributed by atoms with van der Waals surface area (Å²) >= 11 is 1.84. The number of hydrogen-bond donors (Lipinski definition) is 1. The summed E-state index contributed by atoms with van der Waals surface area (Å²) in [6.07, 6.45) is 6.55. The highest BCUT2D eigenvalue weighted by molar-refractivity contribution is 14.0. The van der Waals surface area contributed by atoms with Crippen molar-refractivity contribution in [2.45, 2.75) is 38.8 Å². The van der Waals surface area contributed by atoms with Gasteiger partial charge < -0.3 is 14.6 Å². The van der Waals surface area contributed by atoms with Gasteiger partial charge in [-0.25, -0.2) is 9.97 Å². The molecule has 0 saturated heterocycles. The number of nitrogens with one attached hydrogen (secondary N) is 1. The third-order valence-corrected chi connectivity index (χ3v) is 5.98. The summed E-state index contributed by atoms with van der Waals surface area (Å²) in [7, 11) is 3.83. The van der Waals surface area contributed by atoms with Gasteiger partial charge in [0.05, 0.1) is 24.5 Å². The Morgan fingerprint density at radius 2 is 2.00 bits per heavy atom. The van der Waals surface area contributed by atoms with Crippen molar-refractivity contribution in [1.82, 2.24) is 20.2 Å². The molecule has 1 N–H and O–H groups in total. The predicted molar refractivity (Wildman–Crippen MR) is 128 cm³/mol. The Balaban J connectivity index is 0.00000240. The van der Waals surface area contributed by atoms with Gasteiger partial charge in [-0.05, 0) is 37.8 Å². The summed E-state index contributed by atoms with van der Waals surface area (Å²) < 4.78 is 5.61. The number of benzene rings is 1. The van der Waals surface area contributed by atoms with Crippen molar-refractivity contribution in [2.75, 3.05) is 14.1 Å². The maximum absolute atomic E-state index is 5.61. The fourth-order valence-corrected chi connectivity index (χ4v) is 4.62. The summed E-state index contributed by atoms with van der Waals surface area (Å²) in [5, 5.41) is 4.52. The minimum atomic E-state index is 0. The van der Waals surface area contributed by atoms with Gasteiger partial charge in [-0.3, -0.25) is 4.99 Å². The fourth-order valence-electron chi connectivity index (χ4n) is 3.41. The van der Waals surface area contributed by atoms with E-state index in [4.69, 9.17) is 9.40 Å². The molecule has 0 bridgehead atoms. The Morgan fingerprint density at radius 1 is 1.21 bits per heavy atom. The van der Waals surface area contributed by atoms with Crippen LogP contribution in [0, 0.1) is 0 Å². The van der Waals surface area contributed by atoms with Crippen LogP contribution in [-0.2, 0) is 25.9 Å². The molecule has 1 aromatic carbocycles. The van der Waals surface area contributed by atoms with Crippen molar-refractivity contribution in [3.63, 3.8) is 0 Å². The smallest absolute Gasteiger partial charge is 0.226 e. The van der Waals surface area contributed by atoms with Gasteiger partial charge in [0.2, 0.25) is 5.89 Å². The second-order valence-corrected chi connectivity index (χ2v) is 8.12.